The molecular formula is C12H19BrN2S. The Morgan fingerprint density at radius 3 is 2.88 bits per heavy atom. The Labute approximate surface area is 110 Å². The summed E-state index contributed by atoms with van der Waals surface area (Å²) in [5.41, 5.74) is 0. The van der Waals surface area contributed by atoms with E-state index in [9.17, 15) is 0 Å². The zero-order chi connectivity index (χ0) is 11.5. The Morgan fingerprint density at radius 1 is 1.56 bits per heavy atom. The first-order valence-electron chi connectivity index (χ1n) is 5.79. The van der Waals surface area contributed by atoms with Crippen LogP contribution in [-0.2, 0) is 0 Å². The fraction of sp³-hybridized carbons (Fsp3) is 0.667. The Morgan fingerprint density at radius 2 is 2.38 bits per heavy atom. The van der Waals surface area contributed by atoms with Gasteiger partial charge in [0.15, 0.2) is 0 Å². The van der Waals surface area contributed by atoms with Crippen LogP contribution in [0.25, 0.3) is 0 Å². The fourth-order valence-corrected chi connectivity index (χ4v) is 3.95. The largest absolute Gasteiger partial charge is 0.316 e. The van der Waals surface area contributed by atoms with Gasteiger partial charge in [-0.3, -0.25) is 0 Å². The van der Waals surface area contributed by atoms with E-state index >= 15 is 0 Å². The van der Waals surface area contributed by atoms with Crippen molar-refractivity contribution in [1.29, 1.82) is 0 Å². The van der Waals surface area contributed by atoms with Gasteiger partial charge in [0, 0.05) is 10.9 Å². The maximum Gasteiger partial charge on any atom is 0.0701 e. The summed E-state index contributed by atoms with van der Waals surface area (Å²) in [4.78, 5) is 3.82. The summed E-state index contributed by atoms with van der Waals surface area (Å²) >= 11 is 5.41. The maximum absolute atomic E-state index is 3.55. The molecule has 1 aromatic rings. The van der Waals surface area contributed by atoms with Crippen LogP contribution in [0.3, 0.4) is 0 Å². The molecule has 1 saturated heterocycles. The van der Waals surface area contributed by atoms with Crippen molar-refractivity contribution in [3.05, 3.63) is 20.8 Å². The number of hydrogen-bond donors (Lipinski definition) is 1. The van der Waals surface area contributed by atoms with Crippen LogP contribution in [0.2, 0.25) is 0 Å². The SMILES string of the molecule is CN(C)C(CC1CCNC1)c1ccc(Br)s1. The van der Waals surface area contributed by atoms with E-state index in [0.29, 0.717) is 6.04 Å². The van der Waals surface area contributed by atoms with E-state index in [0.717, 1.165) is 5.92 Å². The molecule has 1 aromatic heterocycles. The summed E-state index contributed by atoms with van der Waals surface area (Å²) in [7, 11) is 4.36. The maximum atomic E-state index is 3.55. The minimum absolute atomic E-state index is 0.571. The molecule has 0 aliphatic carbocycles. The second-order valence-electron chi connectivity index (χ2n) is 4.72. The molecule has 0 radical (unpaired) electrons. The average Bonchev–Trinajstić information content (AvgIpc) is 2.84. The smallest absolute Gasteiger partial charge is 0.0701 e. The minimum Gasteiger partial charge on any atom is -0.316 e. The van der Waals surface area contributed by atoms with E-state index in [2.05, 4.69) is 52.4 Å². The molecule has 0 bridgehead atoms. The molecule has 90 valence electrons. The predicted octanol–water partition coefficient (Wildman–Crippen LogP) is 3.11. The van der Waals surface area contributed by atoms with Crippen LogP contribution >= 0.6 is 27.3 Å². The number of nitrogens with one attached hydrogen (secondary N) is 1. The summed E-state index contributed by atoms with van der Waals surface area (Å²) in [5.74, 6) is 0.841. The molecule has 2 unspecified atom stereocenters. The highest BCUT2D eigenvalue weighted by molar-refractivity contribution is 9.11. The second kappa shape index (κ2) is 5.63. The highest BCUT2D eigenvalue weighted by Crippen LogP contribution is 2.34. The van der Waals surface area contributed by atoms with Gasteiger partial charge >= 0.3 is 0 Å². The zero-order valence-electron chi connectivity index (χ0n) is 9.87. The monoisotopic (exact) mass is 302 g/mol. The van der Waals surface area contributed by atoms with Crippen molar-refractivity contribution in [2.75, 3.05) is 27.2 Å². The van der Waals surface area contributed by atoms with Gasteiger partial charge in [0.05, 0.1) is 3.79 Å². The van der Waals surface area contributed by atoms with Crippen molar-refractivity contribution in [2.24, 2.45) is 5.92 Å². The van der Waals surface area contributed by atoms with Gasteiger partial charge in [-0.25, -0.2) is 0 Å². The van der Waals surface area contributed by atoms with Gasteiger partial charge in [0.1, 0.15) is 0 Å². The molecule has 1 aliphatic rings. The number of nitrogens with zero attached hydrogens (tertiary/aromatic N) is 1. The van der Waals surface area contributed by atoms with Gasteiger partial charge in [0.25, 0.3) is 0 Å². The van der Waals surface area contributed by atoms with Crippen molar-refractivity contribution >= 4 is 27.3 Å². The molecule has 2 heterocycles. The summed E-state index contributed by atoms with van der Waals surface area (Å²) < 4.78 is 1.24. The van der Waals surface area contributed by atoms with Crippen molar-refractivity contribution in [3.63, 3.8) is 0 Å². The molecule has 0 amide bonds. The van der Waals surface area contributed by atoms with Crippen LogP contribution in [0.4, 0.5) is 0 Å². The number of rotatable bonds is 4. The fourth-order valence-electron chi connectivity index (χ4n) is 2.32. The van der Waals surface area contributed by atoms with Crippen LogP contribution in [0, 0.1) is 5.92 Å². The van der Waals surface area contributed by atoms with Crippen molar-refractivity contribution in [3.8, 4) is 0 Å². The van der Waals surface area contributed by atoms with E-state index in [1.54, 1.807) is 0 Å². The number of halogens is 1. The molecule has 2 rings (SSSR count). The highest BCUT2D eigenvalue weighted by atomic mass is 79.9. The summed E-state index contributed by atoms with van der Waals surface area (Å²) in [6.07, 6.45) is 2.60. The molecule has 1 N–H and O–H groups in total. The van der Waals surface area contributed by atoms with E-state index in [1.165, 1.54) is 34.6 Å². The van der Waals surface area contributed by atoms with Gasteiger partial charge in [-0.15, -0.1) is 11.3 Å². The van der Waals surface area contributed by atoms with Gasteiger partial charge in [-0.1, -0.05) is 0 Å². The molecule has 16 heavy (non-hydrogen) atoms. The average molecular weight is 303 g/mol. The predicted molar refractivity (Wildman–Crippen MR) is 74.0 cm³/mol. The Bertz CT molecular complexity index is 332. The second-order valence-corrected chi connectivity index (χ2v) is 7.21. The standard InChI is InChI=1S/C12H19BrN2S/c1-15(2)10(7-9-5-6-14-8-9)11-3-4-12(13)16-11/h3-4,9-10,14H,5-8H2,1-2H3. The van der Waals surface area contributed by atoms with Crippen LogP contribution < -0.4 is 5.32 Å². The Hall–Kier alpha value is 0.1000. The lowest BCUT2D eigenvalue weighted by atomic mass is 9.97. The third kappa shape index (κ3) is 3.06. The Kier molecular flexibility index (Phi) is 4.41. The van der Waals surface area contributed by atoms with Crippen molar-refractivity contribution in [1.82, 2.24) is 10.2 Å². The molecule has 2 nitrogen and oxygen atoms in total. The van der Waals surface area contributed by atoms with E-state index in [1.807, 2.05) is 11.3 Å². The van der Waals surface area contributed by atoms with Gasteiger partial charge in [0.2, 0.25) is 0 Å². The van der Waals surface area contributed by atoms with Gasteiger partial charge in [-0.2, -0.15) is 0 Å². The first kappa shape index (κ1) is 12.6. The summed E-state index contributed by atoms with van der Waals surface area (Å²) in [6, 6.07) is 4.98. The van der Waals surface area contributed by atoms with Crippen LogP contribution in [0.1, 0.15) is 23.8 Å². The summed E-state index contributed by atoms with van der Waals surface area (Å²) in [6.45, 7) is 2.38. The quantitative estimate of drug-likeness (QED) is 0.919. The van der Waals surface area contributed by atoms with Crippen LogP contribution in [0.15, 0.2) is 15.9 Å². The summed E-state index contributed by atoms with van der Waals surface area (Å²) in [5, 5.41) is 3.45. The molecule has 4 heteroatoms. The zero-order valence-corrected chi connectivity index (χ0v) is 12.3. The third-order valence-electron chi connectivity index (χ3n) is 3.26. The van der Waals surface area contributed by atoms with Gasteiger partial charge < -0.3 is 10.2 Å². The first-order chi connectivity index (χ1) is 7.66. The lowest BCUT2D eigenvalue weighted by molar-refractivity contribution is 0.257. The molecule has 1 fully saturated rings. The third-order valence-corrected chi connectivity index (χ3v) is 4.99. The number of hydrogen-bond acceptors (Lipinski definition) is 3. The molecule has 2 atom stereocenters. The molecule has 0 saturated carbocycles. The van der Waals surface area contributed by atoms with Crippen molar-refractivity contribution < 1.29 is 0 Å². The highest BCUT2D eigenvalue weighted by Gasteiger charge is 2.23. The van der Waals surface area contributed by atoms with E-state index in [-0.39, 0.29) is 0 Å². The van der Waals surface area contributed by atoms with Crippen LogP contribution in [-0.4, -0.2) is 32.1 Å². The molecule has 0 aromatic carbocycles. The topological polar surface area (TPSA) is 15.3 Å². The number of thiophene rings is 1. The normalized spacial score (nSPS) is 22.9. The van der Waals surface area contributed by atoms with E-state index in [4.69, 9.17) is 0 Å². The van der Waals surface area contributed by atoms with E-state index < -0.39 is 0 Å². The lowest BCUT2D eigenvalue weighted by Crippen LogP contribution is -2.22. The van der Waals surface area contributed by atoms with Crippen molar-refractivity contribution in [2.45, 2.75) is 18.9 Å². The minimum atomic E-state index is 0.571. The molecular weight excluding hydrogens is 284 g/mol. The lowest BCUT2D eigenvalue weighted by Gasteiger charge is -2.25. The van der Waals surface area contributed by atoms with Crippen LogP contribution in [0.5, 0.6) is 0 Å². The van der Waals surface area contributed by atoms with Gasteiger partial charge in [-0.05, 0) is 74.0 Å². The molecule has 0 spiro atoms. The molecule has 1 aliphatic heterocycles. The Balaban J connectivity index is 2.04. The first-order valence-corrected chi connectivity index (χ1v) is 7.40.